The fraction of sp³-hybridized carbons (Fsp3) is 0.111. The van der Waals surface area contributed by atoms with E-state index in [-0.39, 0.29) is 18.3 Å². The van der Waals surface area contributed by atoms with Crippen LogP contribution in [0.25, 0.3) is 11.0 Å². The van der Waals surface area contributed by atoms with Gasteiger partial charge < -0.3 is 9.72 Å². The number of ketones is 1. The van der Waals surface area contributed by atoms with Crippen molar-refractivity contribution in [2.24, 2.45) is 4.99 Å². The maximum absolute atomic E-state index is 12.1. The number of methoxy groups -OCH3 is 1. The summed E-state index contributed by atoms with van der Waals surface area (Å²) in [5.41, 5.74) is 4.46. The SMILES string of the molecule is COC(=O)Nc1nc2c(Br)cc(C3=NCC(=O)c4ccccc43)cc2[nH]1. The van der Waals surface area contributed by atoms with Crippen LogP contribution in [0.2, 0.25) is 0 Å². The predicted octanol–water partition coefficient (Wildman–Crippen LogP) is 3.54. The van der Waals surface area contributed by atoms with Crippen LogP contribution in [-0.4, -0.2) is 41.2 Å². The lowest BCUT2D eigenvalue weighted by Gasteiger charge is -2.16. The zero-order chi connectivity index (χ0) is 18.3. The summed E-state index contributed by atoms with van der Waals surface area (Å²) >= 11 is 3.51. The maximum Gasteiger partial charge on any atom is 0.413 e. The van der Waals surface area contributed by atoms with E-state index in [1.54, 1.807) is 0 Å². The molecule has 0 atom stereocenters. The number of benzene rings is 2. The van der Waals surface area contributed by atoms with Gasteiger partial charge in [-0.25, -0.2) is 9.78 Å². The third-order valence-electron chi connectivity index (χ3n) is 4.08. The molecule has 4 rings (SSSR count). The topological polar surface area (TPSA) is 96.4 Å². The average Bonchev–Trinajstić information content (AvgIpc) is 3.05. The normalized spacial score (nSPS) is 13.3. The number of hydrogen-bond donors (Lipinski definition) is 2. The molecular weight excluding hydrogens is 400 g/mol. The van der Waals surface area contributed by atoms with Crippen molar-refractivity contribution in [3.05, 3.63) is 57.6 Å². The number of carbonyl (C=O) groups excluding carboxylic acids is 2. The zero-order valence-electron chi connectivity index (χ0n) is 13.7. The predicted molar refractivity (Wildman–Crippen MR) is 101 cm³/mol. The number of ether oxygens (including phenoxy) is 1. The summed E-state index contributed by atoms with van der Waals surface area (Å²) in [7, 11) is 1.28. The Balaban J connectivity index is 1.81. The van der Waals surface area contributed by atoms with E-state index in [1.807, 2.05) is 36.4 Å². The Morgan fingerprint density at radius 3 is 2.81 bits per heavy atom. The number of rotatable bonds is 2. The Morgan fingerprint density at radius 2 is 2.04 bits per heavy atom. The van der Waals surface area contributed by atoms with Gasteiger partial charge in [-0.15, -0.1) is 0 Å². The number of imidazole rings is 1. The fourth-order valence-corrected chi connectivity index (χ4v) is 3.47. The minimum absolute atomic E-state index is 0.00981. The largest absolute Gasteiger partial charge is 0.453 e. The number of fused-ring (bicyclic) bond motifs is 2. The van der Waals surface area contributed by atoms with Gasteiger partial charge in [0.15, 0.2) is 5.78 Å². The van der Waals surface area contributed by atoms with E-state index in [0.29, 0.717) is 11.1 Å². The lowest BCUT2D eigenvalue weighted by Crippen LogP contribution is -2.19. The van der Waals surface area contributed by atoms with Crippen molar-refractivity contribution in [1.29, 1.82) is 0 Å². The van der Waals surface area contributed by atoms with Gasteiger partial charge in [-0.3, -0.25) is 15.1 Å². The third kappa shape index (κ3) is 2.78. The Bertz CT molecular complexity index is 1090. The molecule has 8 heteroatoms. The molecule has 1 aromatic heterocycles. The van der Waals surface area contributed by atoms with E-state index in [0.717, 1.165) is 26.8 Å². The molecule has 2 heterocycles. The van der Waals surface area contributed by atoms with Crippen LogP contribution < -0.4 is 5.32 Å². The standard InChI is InChI=1S/C18H13BrN4O3/c1-26-18(25)23-17-21-13-7-9(6-12(19)16(13)22-17)15-11-5-3-2-4-10(11)14(24)8-20-15/h2-7H,8H2,1H3,(H2,21,22,23,25). The molecule has 0 fully saturated rings. The first-order valence-corrected chi connectivity index (χ1v) is 8.58. The fourth-order valence-electron chi connectivity index (χ4n) is 2.92. The van der Waals surface area contributed by atoms with Gasteiger partial charge in [0.1, 0.15) is 12.1 Å². The number of aromatic nitrogens is 2. The van der Waals surface area contributed by atoms with Gasteiger partial charge in [-0.05, 0) is 28.1 Å². The van der Waals surface area contributed by atoms with E-state index in [2.05, 4.69) is 40.9 Å². The van der Waals surface area contributed by atoms with E-state index < -0.39 is 6.09 Å². The Labute approximate surface area is 156 Å². The molecule has 0 unspecified atom stereocenters. The second kappa shape index (κ2) is 6.38. The number of nitrogens with zero attached hydrogens (tertiary/aromatic N) is 2. The summed E-state index contributed by atoms with van der Waals surface area (Å²) in [4.78, 5) is 35.3. The van der Waals surface area contributed by atoms with E-state index in [9.17, 15) is 9.59 Å². The molecule has 2 aromatic carbocycles. The zero-order valence-corrected chi connectivity index (χ0v) is 15.3. The summed E-state index contributed by atoms with van der Waals surface area (Å²) in [6, 6.07) is 11.2. The number of carbonyl (C=O) groups is 2. The van der Waals surface area contributed by atoms with Gasteiger partial charge in [0.25, 0.3) is 0 Å². The van der Waals surface area contributed by atoms with Crippen molar-refractivity contribution < 1.29 is 14.3 Å². The molecule has 0 saturated carbocycles. The van der Waals surface area contributed by atoms with E-state index >= 15 is 0 Å². The monoisotopic (exact) mass is 412 g/mol. The van der Waals surface area contributed by atoms with Crippen LogP contribution in [0.4, 0.5) is 10.7 Å². The smallest absolute Gasteiger partial charge is 0.413 e. The summed E-state index contributed by atoms with van der Waals surface area (Å²) < 4.78 is 5.32. The molecule has 7 nitrogen and oxygen atoms in total. The molecule has 0 spiro atoms. The first kappa shape index (κ1) is 16.5. The first-order valence-electron chi connectivity index (χ1n) is 7.78. The van der Waals surface area contributed by atoms with Crippen LogP contribution in [0.1, 0.15) is 21.5 Å². The van der Waals surface area contributed by atoms with Crippen LogP contribution >= 0.6 is 15.9 Å². The number of amides is 1. The third-order valence-corrected chi connectivity index (χ3v) is 4.69. The molecule has 1 amide bonds. The van der Waals surface area contributed by atoms with Crippen LogP contribution in [0.5, 0.6) is 0 Å². The highest BCUT2D eigenvalue weighted by Gasteiger charge is 2.22. The average molecular weight is 413 g/mol. The summed E-state index contributed by atoms with van der Waals surface area (Å²) in [6.45, 7) is 0.125. The Kier molecular flexibility index (Phi) is 4.04. The highest BCUT2D eigenvalue weighted by Crippen LogP contribution is 2.29. The second-order valence-corrected chi connectivity index (χ2v) is 6.54. The number of aromatic amines is 1. The minimum Gasteiger partial charge on any atom is -0.453 e. The second-order valence-electron chi connectivity index (χ2n) is 5.69. The van der Waals surface area contributed by atoms with Gasteiger partial charge in [-0.2, -0.15) is 0 Å². The molecule has 3 aromatic rings. The molecule has 0 bridgehead atoms. The summed E-state index contributed by atoms with van der Waals surface area (Å²) in [5.74, 6) is 0.293. The van der Waals surface area contributed by atoms with Crippen LogP contribution in [-0.2, 0) is 4.74 Å². The number of nitrogens with one attached hydrogen (secondary N) is 2. The van der Waals surface area contributed by atoms with Crippen molar-refractivity contribution in [1.82, 2.24) is 9.97 Å². The number of H-pyrrole nitrogens is 1. The van der Waals surface area contributed by atoms with Gasteiger partial charge >= 0.3 is 6.09 Å². The van der Waals surface area contributed by atoms with Crippen LogP contribution in [0.15, 0.2) is 45.9 Å². The molecule has 2 N–H and O–H groups in total. The number of Topliss-reactive ketones (excluding diaryl/α,β-unsaturated/α-hetero) is 1. The number of hydrogen-bond acceptors (Lipinski definition) is 5. The van der Waals surface area contributed by atoms with Crippen LogP contribution in [0.3, 0.4) is 0 Å². The van der Waals surface area contributed by atoms with Gasteiger partial charge in [0.2, 0.25) is 5.95 Å². The highest BCUT2D eigenvalue weighted by molar-refractivity contribution is 9.10. The van der Waals surface area contributed by atoms with Crippen molar-refractivity contribution in [2.45, 2.75) is 0 Å². The van der Waals surface area contributed by atoms with Gasteiger partial charge in [0, 0.05) is 21.2 Å². The van der Waals surface area contributed by atoms with Crippen molar-refractivity contribution in [3.63, 3.8) is 0 Å². The highest BCUT2D eigenvalue weighted by atomic mass is 79.9. The molecule has 1 aliphatic heterocycles. The minimum atomic E-state index is -0.607. The molecule has 0 saturated heterocycles. The van der Waals surface area contributed by atoms with Crippen LogP contribution in [0, 0.1) is 0 Å². The molecular formula is C18H13BrN4O3. The van der Waals surface area contributed by atoms with Crippen molar-refractivity contribution in [3.8, 4) is 0 Å². The van der Waals surface area contributed by atoms with Crippen molar-refractivity contribution in [2.75, 3.05) is 19.0 Å². The summed E-state index contributed by atoms with van der Waals surface area (Å²) in [6.07, 6.45) is -0.607. The molecule has 0 aliphatic carbocycles. The Morgan fingerprint density at radius 1 is 1.27 bits per heavy atom. The number of aliphatic imine (C=N–C) groups is 1. The lowest BCUT2D eigenvalue weighted by atomic mass is 9.92. The first-order chi connectivity index (χ1) is 12.6. The molecule has 26 heavy (non-hydrogen) atoms. The molecule has 0 radical (unpaired) electrons. The van der Waals surface area contributed by atoms with Gasteiger partial charge in [0.05, 0.1) is 18.3 Å². The lowest BCUT2D eigenvalue weighted by molar-refractivity contribution is 0.1000. The maximum atomic E-state index is 12.1. The van der Waals surface area contributed by atoms with E-state index in [1.165, 1.54) is 7.11 Å². The van der Waals surface area contributed by atoms with Crippen molar-refractivity contribution >= 4 is 50.5 Å². The number of halogens is 1. The molecule has 130 valence electrons. The quantitative estimate of drug-likeness (QED) is 0.672. The van der Waals surface area contributed by atoms with E-state index in [4.69, 9.17) is 0 Å². The molecule has 1 aliphatic rings. The Hall–Kier alpha value is -3.00. The van der Waals surface area contributed by atoms with Gasteiger partial charge in [-0.1, -0.05) is 24.3 Å². The summed E-state index contributed by atoms with van der Waals surface area (Å²) in [5, 5.41) is 2.51. The number of anilines is 1.